The van der Waals surface area contributed by atoms with Gasteiger partial charge < -0.3 is 4.74 Å². The van der Waals surface area contributed by atoms with E-state index in [1.165, 1.54) is 35.6 Å². The van der Waals surface area contributed by atoms with Gasteiger partial charge in [-0.25, -0.2) is 13.9 Å². The molecule has 1 aliphatic rings. The zero-order valence-corrected chi connectivity index (χ0v) is 17.2. The van der Waals surface area contributed by atoms with Crippen molar-refractivity contribution >= 4 is 38.5 Å². The number of carbonyl (C=O) groups excluding carboxylic acids is 1. The van der Waals surface area contributed by atoms with Gasteiger partial charge in [-0.15, -0.1) is 0 Å². The van der Waals surface area contributed by atoms with Crippen LogP contribution in [0.15, 0.2) is 57.2 Å². The van der Waals surface area contributed by atoms with E-state index in [2.05, 4.69) is 4.72 Å². The summed E-state index contributed by atoms with van der Waals surface area (Å²) in [6.45, 7) is 0. The minimum atomic E-state index is -4.06. The lowest BCUT2D eigenvalue weighted by Gasteiger charge is -2.21. The third kappa shape index (κ3) is 4.73. The fourth-order valence-corrected chi connectivity index (χ4v) is 5.42. The standard InChI is InChI=1S/C17H18N2O6S3/c1-27(22)9-8-12(17(20)18-21)19-28(23,24)11-6-7-14-16(10-11)26-15-5-3-2-4-13(15)25-14/h2-7,10,12,19,21H,8-9H2,1H3,(H,18,20)/t12-,27?/m0/s1. The Hall–Kier alpha value is -1.92. The first-order chi connectivity index (χ1) is 13.3. The maximum atomic E-state index is 12.7. The molecule has 3 rings (SSSR count). The number of hydrogen-bond donors (Lipinski definition) is 3. The van der Waals surface area contributed by atoms with E-state index in [9.17, 15) is 17.4 Å². The van der Waals surface area contributed by atoms with Gasteiger partial charge in [0.2, 0.25) is 10.0 Å². The average Bonchev–Trinajstić information content (AvgIpc) is 2.68. The number of amides is 1. The van der Waals surface area contributed by atoms with Crippen molar-refractivity contribution in [1.82, 2.24) is 10.2 Å². The fourth-order valence-electron chi connectivity index (χ4n) is 2.54. The summed E-state index contributed by atoms with van der Waals surface area (Å²) in [5.41, 5.74) is 1.43. The molecule has 8 nitrogen and oxygen atoms in total. The van der Waals surface area contributed by atoms with Crippen LogP contribution in [0.3, 0.4) is 0 Å². The van der Waals surface area contributed by atoms with Crippen molar-refractivity contribution in [2.24, 2.45) is 0 Å². The van der Waals surface area contributed by atoms with E-state index in [0.29, 0.717) is 16.4 Å². The number of rotatable bonds is 7. The number of carbonyl (C=O) groups is 1. The van der Waals surface area contributed by atoms with Gasteiger partial charge in [0.25, 0.3) is 5.91 Å². The number of sulfonamides is 1. The number of hydrogen-bond acceptors (Lipinski definition) is 7. The van der Waals surface area contributed by atoms with Gasteiger partial charge in [-0.3, -0.25) is 14.2 Å². The molecule has 0 bridgehead atoms. The Morgan fingerprint density at radius 3 is 2.64 bits per heavy atom. The first-order valence-electron chi connectivity index (χ1n) is 8.15. The molecule has 28 heavy (non-hydrogen) atoms. The molecule has 1 heterocycles. The molecule has 0 aromatic heterocycles. The van der Waals surface area contributed by atoms with Crippen molar-refractivity contribution in [3.8, 4) is 11.5 Å². The number of para-hydroxylation sites is 1. The van der Waals surface area contributed by atoms with Crippen LogP contribution in [-0.4, -0.2) is 41.8 Å². The molecule has 150 valence electrons. The second-order valence-electron chi connectivity index (χ2n) is 5.98. The lowest BCUT2D eigenvalue weighted by molar-refractivity contribution is -0.130. The highest BCUT2D eigenvalue weighted by Gasteiger charge is 2.27. The predicted octanol–water partition coefficient (Wildman–Crippen LogP) is 1.86. The maximum Gasteiger partial charge on any atom is 0.261 e. The Labute approximate surface area is 169 Å². The van der Waals surface area contributed by atoms with Crippen molar-refractivity contribution in [3.05, 3.63) is 42.5 Å². The SMILES string of the molecule is CS(=O)CC[C@H](NS(=O)(=O)c1ccc2c(c1)Sc1ccccc1O2)C(=O)NO. The van der Waals surface area contributed by atoms with Crippen LogP contribution in [-0.2, 0) is 25.6 Å². The Bertz CT molecular complexity index is 1030. The van der Waals surface area contributed by atoms with Crippen molar-refractivity contribution < 1.29 is 27.4 Å². The number of nitrogens with one attached hydrogen (secondary N) is 2. The number of ether oxygens (including phenoxy) is 1. The van der Waals surface area contributed by atoms with E-state index >= 15 is 0 Å². The highest BCUT2D eigenvalue weighted by Crippen LogP contribution is 2.47. The lowest BCUT2D eigenvalue weighted by Crippen LogP contribution is -2.46. The van der Waals surface area contributed by atoms with Crippen LogP contribution in [0.1, 0.15) is 6.42 Å². The lowest BCUT2D eigenvalue weighted by atomic mass is 10.2. The second kappa shape index (κ2) is 8.62. The van der Waals surface area contributed by atoms with E-state index in [-0.39, 0.29) is 17.1 Å². The Morgan fingerprint density at radius 2 is 1.93 bits per heavy atom. The summed E-state index contributed by atoms with van der Waals surface area (Å²) >= 11 is 1.38. The van der Waals surface area contributed by atoms with Crippen molar-refractivity contribution in [2.75, 3.05) is 12.0 Å². The summed E-state index contributed by atoms with van der Waals surface area (Å²) in [6, 6.07) is 10.5. The molecule has 0 aliphatic carbocycles. The summed E-state index contributed by atoms with van der Waals surface area (Å²) in [6.07, 6.45) is 1.42. The van der Waals surface area contributed by atoms with Crippen LogP contribution >= 0.6 is 11.8 Å². The summed E-state index contributed by atoms with van der Waals surface area (Å²) in [4.78, 5) is 13.2. The largest absolute Gasteiger partial charge is 0.455 e. The zero-order valence-electron chi connectivity index (χ0n) is 14.7. The third-order valence-corrected chi connectivity index (χ3v) is 7.31. The smallest absolute Gasteiger partial charge is 0.261 e. The van der Waals surface area contributed by atoms with Gasteiger partial charge in [-0.2, -0.15) is 4.72 Å². The summed E-state index contributed by atoms with van der Waals surface area (Å²) in [5.74, 6) is 0.416. The molecule has 2 atom stereocenters. The molecule has 2 aromatic rings. The van der Waals surface area contributed by atoms with Crippen LogP contribution in [0.5, 0.6) is 11.5 Å². The monoisotopic (exact) mass is 442 g/mol. The Kier molecular flexibility index (Phi) is 6.40. The molecule has 3 N–H and O–H groups in total. The topological polar surface area (TPSA) is 122 Å². The van der Waals surface area contributed by atoms with Gasteiger partial charge in [0.05, 0.1) is 14.7 Å². The second-order valence-corrected chi connectivity index (χ2v) is 10.3. The van der Waals surface area contributed by atoms with Crippen LogP contribution in [0, 0.1) is 0 Å². The molecule has 0 saturated carbocycles. The molecule has 11 heteroatoms. The molecule has 0 spiro atoms. The van der Waals surface area contributed by atoms with E-state index < -0.39 is 32.8 Å². The number of benzene rings is 2. The molecular weight excluding hydrogens is 424 g/mol. The Morgan fingerprint density at radius 1 is 1.21 bits per heavy atom. The van der Waals surface area contributed by atoms with Crippen molar-refractivity contribution in [3.63, 3.8) is 0 Å². The normalized spacial score (nSPS) is 14.9. The number of hydroxylamine groups is 1. The molecule has 1 amide bonds. The van der Waals surface area contributed by atoms with Crippen LogP contribution in [0.25, 0.3) is 0 Å². The van der Waals surface area contributed by atoms with E-state index in [0.717, 1.165) is 4.90 Å². The summed E-state index contributed by atoms with van der Waals surface area (Å²) < 4.78 is 44.8. The van der Waals surface area contributed by atoms with Gasteiger partial charge in [-0.1, -0.05) is 23.9 Å². The van der Waals surface area contributed by atoms with Crippen LogP contribution in [0.2, 0.25) is 0 Å². The van der Waals surface area contributed by atoms with E-state index in [4.69, 9.17) is 9.94 Å². The first-order valence-corrected chi connectivity index (χ1v) is 12.2. The predicted molar refractivity (Wildman–Crippen MR) is 105 cm³/mol. The first kappa shape index (κ1) is 20.8. The number of fused-ring (bicyclic) bond motifs is 2. The Balaban J connectivity index is 1.84. The van der Waals surface area contributed by atoms with Gasteiger partial charge in [0, 0.05) is 22.8 Å². The molecule has 0 radical (unpaired) electrons. The fraction of sp³-hybridized carbons (Fsp3) is 0.235. The molecular formula is C17H18N2O6S3. The van der Waals surface area contributed by atoms with Crippen LogP contribution in [0.4, 0.5) is 0 Å². The summed E-state index contributed by atoms with van der Waals surface area (Å²) in [7, 11) is -5.28. The van der Waals surface area contributed by atoms with Gasteiger partial charge >= 0.3 is 0 Å². The van der Waals surface area contributed by atoms with Gasteiger partial charge in [0.1, 0.15) is 17.5 Å². The van der Waals surface area contributed by atoms with Gasteiger partial charge in [-0.05, 0) is 36.8 Å². The molecule has 0 saturated heterocycles. The third-order valence-electron chi connectivity index (χ3n) is 3.93. The van der Waals surface area contributed by atoms with Crippen molar-refractivity contribution in [1.29, 1.82) is 0 Å². The average molecular weight is 443 g/mol. The minimum absolute atomic E-state index is 0.0229. The summed E-state index contributed by atoms with van der Waals surface area (Å²) in [5, 5.41) is 8.86. The highest BCUT2D eigenvalue weighted by atomic mass is 32.2. The molecule has 0 fully saturated rings. The minimum Gasteiger partial charge on any atom is -0.455 e. The van der Waals surface area contributed by atoms with Crippen LogP contribution < -0.4 is 14.9 Å². The maximum absolute atomic E-state index is 12.7. The highest BCUT2D eigenvalue weighted by molar-refractivity contribution is 7.99. The molecule has 1 aliphatic heterocycles. The quantitative estimate of drug-likeness (QED) is 0.377. The van der Waals surface area contributed by atoms with E-state index in [1.807, 2.05) is 24.3 Å². The van der Waals surface area contributed by atoms with Crippen molar-refractivity contribution in [2.45, 2.75) is 27.1 Å². The zero-order chi connectivity index (χ0) is 20.3. The molecule has 2 aromatic carbocycles. The molecule has 1 unspecified atom stereocenters. The van der Waals surface area contributed by atoms with Gasteiger partial charge in [0.15, 0.2) is 0 Å². The van der Waals surface area contributed by atoms with E-state index in [1.54, 1.807) is 6.07 Å².